The van der Waals surface area contributed by atoms with Crippen molar-refractivity contribution in [3.63, 3.8) is 0 Å². The first-order valence-corrected chi connectivity index (χ1v) is 9.79. The molecule has 1 saturated heterocycles. The summed E-state index contributed by atoms with van der Waals surface area (Å²) in [4.78, 5) is 52.1. The van der Waals surface area contributed by atoms with E-state index in [1.807, 2.05) is 19.0 Å². The van der Waals surface area contributed by atoms with E-state index in [9.17, 15) is 19.2 Å². The molecule has 1 aliphatic rings. The summed E-state index contributed by atoms with van der Waals surface area (Å²) in [6.07, 6.45) is -0.0989. The van der Waals surface area contributed by atoms with Gasteiger partial charge in [0.05, 0.1) is 24.3 Å². The Kier molecular flexibility index (Phi) is 6.66. The van der Waals surface area contributed by atoms with Crippen LogP contribution in [0.25, 0.3) is 0 Å². The lowest BCUT2D eigenvalue weighted by Gasteiger charge is -2.16. The number of carbonyl (C=O) groups excluding carboxylic acids is 4. The van der Waals surface area contributed by atoms with Gasteiger partial charge in [0.15, 0.2) is 0 Å². The average molecular weight is 424 g/mol. The van der Waals surface area contributed by atoms with Crippen molar-refractivity contribution in [2.45, 2.75) is 19.4 Å². The highest BCUT2D eigenvalue weighted by atomic mass is 16.5. The topological polar surface area (TPSA) is 108 Å². The number of nitrogens with one attached hydrogen (secondary N) is 2. The minimum atomic E-state index is -0.887. The van der Waals surface area contributed by atoms with Gasteiger partial charge >= 0.3 is 5.97 Å². The van der Waals surface area contributed by atoms with Crippen molar-refractivity contribution in [3.05, 3.63) is 59.7 Å². The average Bonchev–Trinajstić information content (AvgIpc) is 3.05. The normalized spacial score (nSPS) is 15.7. The van der Waals surface area contributed by atoms with Crippen LogP contribution in [0.1, 0.15) is 34.1 Å². The highest BCUT2D eigenvalue weighted by Crippen LogP contribution is 2.23. The van der Waals surface area contributed by atoms with Crippen LogP contribution >= 0.6 is 0 Å². The minimum absolute atomic E-state index is 0.0989. The molecule has 1 fully saturated rings. The molecule has 0 bridgehead atoms. The van der Waals surface area contributed by atoms with Gasteiger partial charge in [0.1, 0.15) is 6.04 Å². The van der Waals surface area contributed by atoms with E-state index in [4.69, 9.17) is 4.74 Å². The van der Waals surface area contributed by atoms with Crippen LogP contribution in [0, 0.1) is 0 Å². The third-order valence-electron chi connectivity index (χ3n) is 4.79. The summed E-state index contributed by atoms with van der Waals surface area (Å²) < 4.78 is 4.92. The first-order chi connectivity index (χ1) is 14.8. The fourth-order valence-electron chi connectivity index (χ4n) is 3.11. The summed E-state index contributed by atoms with van der Waals surface area (Å²) in [5, 5.41) is 0. The van der Waals surface area contributed by atoms with Crippen molar-refractivity contribution in [1.29, 1.82) is 0 Å². The summed E-state index contributed by atoms with van der Waals surface area (Å²) in [7, 11) is 3.80. The minimum Gasteiger partial charge on any atom is -0.462 e. The Morgan fingerprint density at radius 3 is 2.23 bits per heavy atom. The number of rotatable bonds is 7. The molecule has 2 aromatic rings. The summed E-state index contributed by atoms with van der Waals surface area (Å²) in [5.41, 5.74) is 7.17. The number of hydrazine groups is 1. The molecule has 9 nitrogen and oxygen atoms in total. The van der Waals surface area contributed by atoms with Crippen molar-refractivity contribution in [3.8, 4) is 0 Å². The van der Waals surface area contributed by atoms with Gasteiger partial charge in [-0.1, -0.05) is 0 Å². The first-order valence-electron chi connectivity index (χ1n) is 9.79. The van der Waals surface area contributed by atoms with Crippen LogP contribution < -0.4 is 20.7 Å². The van der Waals surface area contributed by atoms with Gasteiger partial charge in [-0.3, -0.25) is 19.8 Å². The smallest absolute Gasteiger partial charge is 0.338 e. The second kappa shape index (κ2) is 9.40. The predicted octanol–water partition coefficient (Wildman–Crippen LogP) is 1.50. The molecular formula is C22H24N4O5. The zero-order chi connectivity index (χ0) is 22.5. The molecule has 162 valence electrons. The van der Waals surface area contributed by atoms with E-state index in [1.165, 1.54) is 24.3 Å². The summed E-state index contributed by atoms with van der Waals surface area (Å²) >= 11 is 0. The van der Waals surface area contributed by atoms with Crippen LogP contribution in [0.5, 0.6) is 0 Å². The molecule has 0 aliphatic carbocycles. The number of nitrogens with zero attached hydrogens (tertiary/aromatic N) is 2. The zero-order valence-electron chi connectivity index (χ0n) is 17.5. The van der Waals surface area contributed by atoms with Crippen molar-refractivity contribution in [2.75, 3.05) is 30.5 Å². The predicted molar refractivity (Wildman–Crippen MR) is 115 cm³/mol. The molecule has 1 aliphatic heterocycles. The number of hydrogen-bond acceptors (Lipinski definition) is 7. The number of amides is 3. The Labute approximate surface area is 179 Å². The van der Waals surface area contributed by atoms with Crippen molar-refractivity contribution in [2.24, 2.45) is 0 Å². The van der Waals surface area contributed by atoms with E-state index in [0.29, 0.717) is 16.8 Å². The van der Waals surface area contributed by atoms with Gasteiger partial charge in [-0.05, 0) is 55.5 Å². The molecule has 0 saturated carbocycles. The third kappa shape index (κ3) is 4.89. The molecule has 2 aromatic carbocycles. The Morgan fingerprint density at radius 2 is 1.65 bits per heavy atom. The molecule has 2 N–H and O–H groups in total. The van der Waals surface area contributed by atoms with Crippen LogP contribution in [-0.4, -0.2) is 50.4 Å². The molecule has 3 rings (SSSR count). The number of anilines is 2. The fraction of sp³-hybridized carbons (Fsp3) is 0.273. The van der Waals surface area contributed by atoms with Crippen molar-refractivity contribution in [1.82, 2.24) is 10.9 Å². The molecule has 1 unspecified atom stereocenters. The van der Waals surface area contributed by atoms with Gasteiger partial charge in [-0.25, -0.2) is 15.1 Å². The van der Waals surface area contributed by atoms with Gasteiger partial charge in [0.2, 0.25) is 5.91 Å². The maximum absolute atomic E-state index is 12.7. The third-order valence-corrected chi connectivity index (χ3v) is 4.79. The second-order valence-corrected chi connectivity index (χ2v) is 7.13. The quantitative estimate of drug-likeness (QED) is 0.394. The van der Waals surface area contributed by atoms with E-state index in [0.717, 1.165) is 10.6 Å². The van der Waals surface area contributed by atoms with Crippen molar-refractivity contribution >= 4 is 35.1 Å². The molecule has 1 atom stereocenters. The SMILES string of the molecule is CCOC(=O)c1ccc(N2C(=O)CC(NNC(=O)c3ccc(N(C)C)cc3)C2=O)cc1. The van der Waals surface area contributed by atoms with E-state index in [2.05, 4.69) is 10.9 Å². The lowest BCUT2D eigenvalue weighted by atomic mass is 10.2. The maximum atomic E-state index is 12.7. The van der Waals surface area contributed by atoms with Crippen molar-refractivity contribution < 1.29 is 23.9 Å². The van der Waals surface area contributed by atoms with E-state index in [-0.39, 0.29) is 13.0 Å². The van der Waals surface area contributed by atoms with Crippen LogP contribution in [0.4, 0.5) is 11.4 Å². The number of carbonyl (C=O) groups is 4. The van der Waals surface area contributed by atoms with Crippen LogP contribution in [-0.2, 0) is 14.3 Å². The maximum Gasteiger partial charge on any atom is 0.338 e. The lowest BCUT2D eigenvalue weighted by Crippen LogP contribution is -2.48. The van der Waals surface area contributed by atoms with E-state index in [1.54, 1.807) is 31.2 Å². The molecule has 31 heavy (non-hydrogen) atoms. The fourth-order valence-corrected chi connectivity index (χ4v) is 3.11. The standard InChI is InChI=1S/C22H24N4O5/c1-4-31-22(30)15-7-11-17(12-8-15)26-19(27)13-18(21(26)29)23-24-20(28)14-5-9-16(10-6-14)25(2)3/h5-12,18,23H,4,13H2,1-3H3,(H,24,28). The van der Waals surface area contributed by atoms with Crippen LogP contribution in [0.2, 0.25) is 0 Å². The molecule has 0 aromatic heterocycles. The van der Waals surface area contributed by atoms with E-state index < -0.39 is 29.7 Å². The lowest BCUT2D eigenvalue weighted by molar-refractivity contribution is -0.121. The highest BCUT2D eigenvalue weighted by Gasteiger charge is 2.39. The second-order valence-electron chi connectivity index (χ2n) is 7.13. The molecule has 3 amide bonds. The van der Waals surface area contributed by atoms with Gasteiger partial charge in [0, 0.05) is 25.3 Å². The Morgan fingerprint density at radius 1 is 1.03 bits per heavy atom. The number of ether oxygens (including phenoxy) is 1. The summed E-state index contributed by atoms with van der Waals surface area (Å²) in [6.45, 7) is 1.96. The number of benzene rings is 2. The van der Waals surface area contributed by atoms with Gasteiger partial charge in [-0.15, -0.1) is 0 Å². The van der Waals surface area contributed by atoms with Gasteiger partial charge in [-0.2, -0.15) is 0 Å². The summed E-state index contributed by atoms with van der Waals surface area (Å²) in [5.74, 6) is -1.79. The first kappa shape index (κ1) is 22.0. The number of hydrogen-bond donors (Lipinski definition) is 2. The molecule has 0 radical (unpaired) electrons. The number of imide groups is 1. The molecule has 1 heterocycles. The van der Waals surface area contributed by atoms with Crippen LogP contribution in [0.3, 0.4) is 0 Å². The van der Waals surface area contributed by atoms with Gasteiger partial charge < -0.3 is 9.64 Å². The monoisotopic (exact) mass is 424 g/mol. The highest BCUT2D eigenvalue weighted by molar-refractivity contribution is 6.22. The molecule has 0 spiro atoms. The number of esters is 1. The molecular weight excluding hydrogens is 400 g/mol. The Hall–Kier alpha value is -3.72. The van der Waals surface area contributed by atoms with E-state index >= 15 is 0 Å². The van der Waals surface area contributed by atoms with Gasteiger partial charge in [0.25, 0.3) is 11.8 Å². The molecule has 9 heteroatoms. The largest absolute Gasteiger partial charge is 0.462 e. The Bertz CT molecular complexity index is 986. The van der Waals surface area contributed by atoms with Crippen LogP contribution in [0.15, 0.2) is 48.5 Å². The summed E-state index contributed by atoms with van der Waals surface area (Å²) in [6, 6.07) is 12.1. The Balaban J connectivity index is 1.62. The zero-order valence-corrected chi connectivity index (χ0v) is 17.5.